The third-order valence-electron chi connectivity index (χ3n) is 4.86. The summed E-state index contributed by atoms with van der Waals surface area (Å²) in [5.41, 5.74) is 7.39. The minimum atomic E-state index is 0.647. The zero-order chi connectivity index (χ0) is 19.9. The van der Waals surface area contributed by atoms with Crippen LogP contribution in [-0.2, 0) is 0 Å². The minimum absolute atomic E-state index is 0.647. The first-order valence-corrected chi connectivity index (χ1v) is 9.94. The van der Waals surface area contributed by atoms with Gasteiger partial charge in [0, 0.05) is 19.7 Å². The van der Waals surface area contributed by atoms with Crippen LogP contribution in [-0.4, -0.2) is 20.7 Å². The lowest BCUT2D eigenvalue weighted by Gasteiger charge is -2.25. The van der Waals surface area contributed by atoms with Gasteiger partial charge >= 0.3 is 0 Å². The molecule has 144 valence electrons. The summed E-state index contributed by atoms with van der Waals surface area (Å²) < 4.78 is 5.98. The van der Waals surface area contributed by atoms with Crippen molar-refractivity contribution in [2.24, 2.45) is 0 Å². The van der Waals surface area contributed by atoms with Crippen LogP contribution in [0.2, 0.25) is 0 Å². The molecule has 2 heteroatoms. The van der Waals surface area contributed by atoms with Crippen molar-refractivity contribution in [2.45, 2.75) is 20.3 Å². The van der Waals surface area contributed by atoms with Gasteiger partial charge in [0.25, 0.3) is 0 Å². The molecule has 0 aliphatic carbocycles. The number of hydrogen-bond donors (Lipinski definition) is 0. The Bertz CT molecular complexity index is 927. The van der Waals surface area contributed by atoms with Crippen molar-refractivity contribution in [3.63, 3.8) is 0 Å². The zero-order valence-electron chi connectivity index (χ0n) is 17.3. The Morgan fingerprint density at radius 3 is 1.89 bits per heavy atom. The molecular formula is C26H29NO. The van der Waals surface area contributed by atoms with Gasteiger partial charge in [-0.25, -0.2) is 0 Å². The molecule has 0 aromatic heterocycles. The van der Waals surface area contributed by atoms with Gasteiger partial charge < -0.3 is 9.64 Å². The highest BCUT2D eigenvalue weighted by molar-refractivity contribution is 6.02. The third kappa shape index (κ3) is 4.12. The monoisotopic (exact) mass is 371 g/mol. The van der Waals surface area contributed by atoms with Gasteiger partial charge in [0.15, 0.2) is 0 Å². The van der Waals surface area contributed by atoms with E-state index in [2.05, 4.69) is 105 Å². The molecule has 0 unspecified atom stereocenters. The van der Waals surface area contributed by atoms with Crippen molar-refractivity contribution in [1.29, 1.82) is 0 Å². The molecule has 0 atom stereocenters. The van der Waals surface area contributed by atoms with Gasteiger partial charge in [-0.05, 0) is 41.7 Å². The number of anilines is 1. The lowest BCUT2D eigenvalue weighted by Crippen LogP contribution is -2.14. The van der Waals surface area contributed by atoms with Crippen LogP contribution in [0.25, 0.3) is 11.1 Å². The van der Waals surface area contributed by atoms with E-state index in [0.717, 1.165) is 17.9 Å². The molecule has 3 aromatic carbocycles. The lowest BCUT2D eigenvalue weighted by atomic mass is 9.87. The van der Waals surface area contributed by atoms with E-state index in [-0.39, 0.29) is 0 Å². The fourth-order valence-corrected chi connectivity index (χ4v) is 3.72. The second-order valence-electron chi connectivity index (χ2n) is 6.92. The molecule has 0 heterocycles. The second-order valence-corrected chi connectivity index (χ2v) is 6.92. The van der Waals surface area contributed by atoms with E-state index in [1.807, 2.05) is 6.92 Å². The molecule has 0 N–H and O–H groups in total. The Labute approximate surface area is 169 Å². The predicted molar refractivity (Wildman–Crippen MR) is 121 cm³/mol. The molecule has 0 saturated carbocycles. The van der Waals surface area contributed by atoms with Gasteiger partial charge in [-0.2, -0.15) is 0 Å². The SMILES string of the molecule is CCOc1cccc(C(=C(CC)c2ccccc2)c2ccccc2)c1N(C)C. The lowest BCUT2D eigenvalue weighted by molar-refractivity contribution is 0.341. The Kier molecular flexibility index (Phi) is 6.54. The van der Waals surface area contributed by atoms with E-state index in [9.17, 15) is 0 Å². The Balaban J connectivity index is 2.37. The van der Waals surface area contributed by atoms with Crippen LogP contribution >= 0.6 is 0 Å². The van der Waals surface area contributed by atoms with Crippen LogP contribution in [0.15, 0.2) is 78.9 Å². The Morgan fingerprint density at radius 1 is 0.750 bits per heavy atom. The Hall–Kier alpha value is -3.00. The molecule has 0 aliphatic heterocycles. The normalized spacial score (nSPS) is 11.7. The van der Waals surface area contributed by atoms with Gasteiger partial charge in [0.1, 0.15) is 5.75 Å². The number of ether oxygens (including phenoxy) is 1. The fourth-order valence-electron chi connectivity index (χ4n) is 3.72. The topological polar surface area (TPSA) is 12.5 Å². The van der Waals surface area contributed by atoms with Crippen LogP contribution in [0.1, 0.15) is 37.0 Å². The number of rotatable bonds is 7. The summed E-state index contributed by atoms with van der Waals surface area (Å²) in [5, 5.41) is 0. The van der Waals surface area contributed by atoms with Crippen molar-refractivity contribution < 1.29 is 4.74 Å². The number of allylic oxidation sites excluding steroid dienone is 1. The quantitative estimate of drug-likeness (QED) is 0.438. The standard InChI is InChI=1S/C26H29NO/c1-5-22(20-14-9-7-10-15-20)25(21-16-11-8-12-17-21)23-18-13-19-24(28-6-2)26(23)27(3)4/h7-19H,5-6H2,1-4H3. The van der Waals surface area contributed by atoms with E-state index < -0.39 is 0 Å². The van der Waals surface area contributed by atoms with Gasteiger partial charge in [-0.3, -0.25) is 0 Å². The van der Waals surface area contributed by atoms with Crippen LogP contribution in [0, 0.1) is 0 Å². The predicted octanol–water partition coefficient (Wildman–Crippen LogP) is 6.52. The maximum Gasteiger partial charge on any atom is 0.143 e. The molecule has 3 aromatic rings. The molecule has 2 nitrogen and oxygen atoms in total. The molecule has 28 heavy (non-hydrogen) atoms. The van der Waals surface area contributed by atoms with E-state index in [4.69, 9.17) is 4.74 Å². The highest BCUT2D eigenvalue weighted by atomic mass is 16.5. The van der Waals surface area contributed by atoms with Crippen molar-refractivity contribution in [3.8, 4) is 5.75 Å². The summed E-state index contributed by atoms with van der Waals surface area (Å²) in [7, 11) is 4.16. The van der Waals surface area contributed by atoms with E-state index in [1.165, 1.54) is 27.8 Å². The summed E-state index contributed by atoms with van der Waals surface area (Å²) in [6, 6.07) is 27.7. The maximum absolute atomic E-state index is 5.98. The van der Waals surface area contributed by atoms with E-state index in [0.29, 0.717) is 6.61 Å². The average Bonchev–Trinajstić information content (AvgIpc) is 2.73. The average molecular weight is 372 g/mol. The molecule has 0 radical (unpaired) electrons. The van der Waals surface area contributed by atoms with E-state index in [1.54, 1.807) is 0 Å². The summed E-state index contributed by atoms with van der Waals surface area (Å²) in [5.74, 6) is 0.918. The summed E-state index contributed by atoms with van der Waals surface area (Å²) >= 11 is 0. The molecule has 3 rings (SSSR count). The molecular weight excluding hydrogens is 342 g/mol. The molecule has 0 bridgehead atoms. The van der Waals surface area contributed by atoms with Crippen LogP contribution < -0.4 is 9.64 Å². The van der Waals surface area contributed by atoms with Gasteiger partial charge in [-0.15, -0.1) is 0 Å². The van der Waals surface area contributed by atoms with Crippen LogP contribution in [0.5, 0.6) is 5.75 Å². The smallest absolute Gasteiger partial charge is 0.143 e. The third-order valence-corrected chi connectivity index (χ3v) is 4.86. The highest BCUT2D eigenvalue weighted by Gasteiger charge is 2.19. The van der Waals surface area contributed by atoms with Gasteiger partial charge in [0.2, 0.25) is 0 Å². The molecule has 0 fully saturated rings. The van der Waals surface area contributed by atoms with Crippen LogP contribution in [0.4, 0.5) is 5.69 Å². The summed E-state index contributed by atoms with van der Waals surface area (Å²) in [4.78, 5) is 2.15. The highest BCUT2D eigenvalue weighted by Crippen LogP contribution is 2.42. The first-order valence-electron chi connectivity index (χ1n) is 9.94. The van der Waals surface area contributed by atoms with Crippen molar-refractivity contribution in [1.82, 2.24) is 0 Å². The van der Waals surface area contributed by atoms with Crippen molar-refractivity contribution >= 4 is 16.8 Å². The van der Waals surface area contributed by atoms with Gasteiger partial charge in [0.05, 0.1) is 12.3 Å². The van der Waals surface area contributed by atoms with Gasteiger partial charge in [-0.1, -0.05) is 79.7 Å². The maximum atomic E-state index is 5.98. The fraction of sp³-hybridized carbons (Fsp3) is 0.231. The molecule has 0 saturated heterocycles. The van der Waals surface area contributed by atoms with E-state index >= 15 is 0 Å². The largest absolute Gasteiger partial charge is 0.492 e. The molecule has 0 spiro atoms. The number of nitrogens with zero attached hydrogens (tertiary/aromatic N) is 1. The van der Waals surface area contributed by atoms with Crippen LogP contribution in [0.3, 0.4) is 0 Å². The number of benzene rings is 3. The summed E-state index contributed by atoms with van der Waals surface area (Å²) in [6.07, 6.45) is 0.944. The van der Waals surface area contributed by atoms with Crippen molar-refractivity contribution in [2.75, 3.05) is 25.6 Å². The second kappa shape index (κ2) is 9.27. The molecule has 0 amide bonds. The first kappa shape index (κ1) is 19.8. The number of hydrogen-bond acceptors (Lipinski definition) is 2. The first-order chi connectivity index (χ1) is 13.7. The Morgan fingerprint density at radius 2 is 1.36 bits per heavy atom. The number of para-hydroxylation sites is 1. The minimum Gasteiger partial charge on any atom is -0.492 e. The van der Waals surface area contributed by atoms with Crippen molar-refractivity contribution in [3.05, 3.63) is 95.6 Å². The molecule has 0 aliphatic rings. The zero-order valence-corrected chi connectivity index (χ0v) is 17.3. The summed E-state index contributed by atoms with van der Waals surface area (Å²) in [6.45, 7) is 4.91.